The van der Waals surface area contributed by atoms with Gasteiger partial charge in [-0.15, -0.1) is 0 Å². The minimum atomic E-state index is 0.181. The van der Waals surface area contributed by atoms with E-state index < -0.39 is 0 Å². The van der Waals surface area contributed by atoms with E-state index in [1.807, 2.05) is 32.0 Å². The second kappa shape index (κ2) is 3.94. The van der Waals surface area contributed by atoms with E-state index in [0.29, 0.717) is 0 Å². The molecule has 1 aromatic carbocycles. The van der Waals surface area contributed by atoms with Crippen LogP contribution in [0.25, 0.3) is 0 Å². The summed E-state index contributed by atoms with van der Waals surface area (Å²) in [4.78, 5) is 0. The number of rotatable bonds is 2. The summed E-state index contributed by atoms with van der Waals surface area (Å²) in [7, 11) is 0. The van der Waals surface area contributed by atoms with Crippen molar-refractivity contribution in [2.75, 3.05) is 0 Å². The lowest BCUT2D eigenvalue weighted by molar-refractivity contribution is 0.318. The highest BCUT2D eigenvalue weighted by atomic mass is 16.4. The van der Waals surface area contributed by atoms with Gasteiger partial charge in [-0.1, -0.05) is 29.8 Å². The largest absolute Gasteiger partial charge is 0.409 e. The van der Waals surface area contributed by atoms with E-state index in [0.717, 1.165) is 23.1 Å². The highest BCUT2D eigenvalue weighted by molar-refractivity contribution is 5.98. The average molecular weight is 178 g/mol. The molecule has 70 valence electrons. The number of nitrogens with zero attached hydrogens (tertiary/aromatic N) is 1. The molecule has 3 heteroatoms. The smallest absolute Gasteiger partial charge is 0.170 e. The molecule has 0 unspecified atom stereocenters. The van der Waals surface area contributed by atoms with Crippen molar-refractivity contribution in [2.24, 2.45) is 10.9 Å². The fourth-order valence-corrected chi connectivity index (χ4v) is 1.29. The maximum absolute atomic E-state index is 8.56. The molecule has 0 saturated heterocycles. The zero-order valence-corrected chi connectivity index (χ0v) is 7.91. The van der Waals surface area contributed by atoms with E-state index in [1.165, 1.54) is 0 Å². The third kappa shape index (κ3) is 1.99. The third-order valence-electron chi connectivity index (χ3n) is 2.03. The lowest BCUT2D eigenvalue weighted by atomic mass is 10.0. The number of amidine groups is 1. The first kappa shape index (κ1) is 9.58. The van der Waals surface area contributed by atoms with Gasteiger partial charge in [0, 0.05) is 5.56 Å². The summed E-state index contributed by atoms with van der Waals surface area (Å²) >= 11 is 0. The van der Waals surface area contributed by atoms with Crippen LogP contribution in [0.5, 0.6) is 0 Å². The van der Waals surface area contributed by atoms with E-state index in [1.54, 1.807) is 0 Å². The Morgan fingerprint density at radius 1 is 1.54 bits per heavy atom. The van der Waals surface area contributed by atoms with Crippen LogP contribution in [0.1, 0.15) is 23.6 Å². The van der Waals surface area contributed by atoms with Gasteiger partial charge in [-0.2, -0.15) is 0 Å². The van der Waals surface area contributed by atoms with Crippen molar-refractivity contribution in [2.45, 2.75) is 20.3 Å². The Morgan fingerprint density at radius 2 is 2.23 bits per heavy atom. The molecule has 0 spiro atoms. The lowest BCUT2D eigenvalue weighted by Crippen LogP contribution is -2.15. The molecule has 0 aliphatic carbocycles. The van der Waals surface area contributed by atoms with Crippen LogP contribution in [0, 0.1) is 6.92 Å². The number of benzene rings is 1. The summed E-state index contributed by atoms with van der Waals surface area (Å²) < 4.78 is 0. The number of nitrogens with two attached hydrogens (primary N) is 1. The Morgan fingerprint density at radius 3 is 2.77 bits per heavy atom. The molecule has 0 radical (unpaired) electrons. The van der Waals surface area contributed by atoms with Gasteiger partial charge in [0.1, 0.15) is 0 Å². The van der Waals surface area contributed by atoms with Crippen LogP contribution in [0.3, 0.4) is 0 Å². The number of oxime groups is 1. The lowest BCUT2D eigenvalue weighted by Gasteiger charge is -2.06. The first-order valence-corrected chi connectivity index (χ1v) is 4.26. The average Bonchev–Trinajstić information content (AvgIpc) is 2.16. The van der Waals surface area contributed by atoms with Crippen molar-refractivity contribution in [3.8, 4) is 0 Å². The van der Waals surface area contributed by atoms with Crippen LogP contribution >= 0.6 is 0 Å². The van der Waals surface area contributed by atoms with Gasteiger partial charge in [-0.05, 0) is 25.0 Å². The molecular weight excluding hydrogens is 164 g/mol. The molecule has 0 amide bonds. The normalized spacial score (nSPS) is 11.7. The van der Waals surface area contributed by atoms with E-state index in [9.17, 15) is 0 Å². The summed E-state index contributed by atoms with van der Waals surface area (Å²) in [6, 6.07) is 5.95. The molecule has 0 bridgehead atoms. The number of aryl methyl sites for hydroxylation is 2. The third-order valence-corrected chi connectivity index (χ3v) is 2.03. The van der Waals surface area contributed by atoms with Crippen LogP contribution in [-0.4, -0.2) is 11.0 Å². The molecule has 3 nitrogen and oxygen atoms in total. The van der Waals surface area contributed by atoms with Crippen LogP contribution in [0.2, 0.25) is 0 Å². The zero-order chi connectivity index (χ0) is 9.84. The van der Waals surface area contributed by atoms with Gasteiger partial charge in [0.05, 0.1) is 0 Å². The molecule has 3 N–H and O–H groups in total. The minimum absolute atomic E-state index is 0.181. The Hall–Kier alpha value is -1.51. The molecule has 1 aromatic rings. The molecule has 0 atom stereocenters. The van der Waals surface area contributed by atoms with Crippen molar-refractivity contribution in [3.63, 3.8) is 0 Å². The molecule has 0 heterocycles. The quantitative estimate of drug-likeness (QED) is 0.313. The molecule has 0 aliphatic heterocycles. The van der Waals surface area contributed by atoms with Gasteiger partial charge >= 0.3 is 0 Å². The first-order valence-electron chi connectivity index (χ1n) is 4.26. The van der Waals surface area contributed by atoms with Crippen LogP contribution < -0.4 is 5.73 Å². The van der Waals surface area contributed by atoms with Crippen LogP contribution in [-0.2, 0) is 6.42 Å². The van der Waals surface area contributed by atoms with E-state index in [2.05, 4.69) is 5.16 Å². The number of hydrogen-bond donors (Lipinski definition) is 2. The van der Waals surface area contributed by atoms with Crippen LogP contribution in [0.4, 0.5) is 0 Å². The van der Waals surface area contributed by atoms with Crippen molar-refractivity contribution < 1.29 is 5.21 Å². The molecule has 13 heavy (non-hydrogen) atoms. The monoisotopic (exact) mass is 178 g/mol. The summed E-state index contributed by atoms with van der Waals surface area (Å²) in [5.74, 6) is 0.181. The predicted octanol–water partition coefficient (Wildman–Crippen LogP) is 1.65. The van der Waals surface area contributed by atoms with Gasteiger partial charge in [-0.25, -0.2) is 0 Å². The predicted molar refractivity (Wildman–Crippen MR) is 53.1 cm³/mol. The maximum atomic E-state index is 8.56. The minimum Gasteiger partial charge on any atom is -0.409 e. The highest BCUT2D eigenvalue weighted by Crippen LogP contribution is 2.11. The highest BCUT2D eigenvalue weighted by Gasteiger charge is 2.04. The van der Waals surface area contributed by atoms with Crippen molar-refractivity contribution in [1.82, 2.24) is 0 Å². The van der Waals surface area contributed by atoms with Crippen LogP contribution in [0.15, 0.2) is 23.4 Å². The Balaban J connectivity index is 3.23. The maximum Gasteiger partial charge on any atom is 0.170 e. The van der Waals surface area contributed by atoms with Crippen molar-refractivity contribution >= 4 is 5.84 Å². The molecule has 1 rings (SSSR count). The summed E-state index contributed by atoms with van der Waals surface area (Å²) in [5.41, 5.74) is 8.57. The SMILES string of the molecule is CCc1ccc(C)cc1C(N)=NO. The van der Waals surface area contributed by atoms with E-state index >= 15 is 0 Å². The van der Waals surface area contributed by atoms with Crippen molar-refractivity contribution in [3.05, 3.63) is 34.9 Å². The first-order chi connectivity index (χ1) is 6.19. The summed E-state index contributed by atoms with van der Waals surface area (Å²) in [5, 5.41) is 11.6. The standard InChI is InChI=1S/C10H14N2O/c1-3-8-5-4-7(2)6-9(8)10(11)12-13/h4-6,13H,3H2,1-2H3,(H2,11,12). The van der Waals surface area contributed by atoms with Gasteiger partial charge in [0.25, 0.3) is 0 Å². The Labute approximate surface area is 77.9 Å². The molecule has 0 aromatic heterocycles. The van der Waals surface area contributed by atoms with Crippen molar-refractivity contribution in [1.29, 1.82) is 0 Å². The zero-order valence-electron chi connectivity index (χ0n) is 7.91. The molecule has 0 aliphatic rings. The van der Waals surface area contributed by atoms with Gasteiger partial charge < -0.3 is 10.9 Å². The molecule has 0 saturated carbocycles. The summed E-state index contributed by atoms with van der Waals surface area (Å²) in [6.07, 6.45) is 0.881. The van der Waals surface area contributed by atoms with Gasteiger partial charge in [0.2, 0.25) is 0 Å². The van der Waals surface area contributed by atoms with Gasteiger partial charge in [-0.3, -0.25) is 0 Å². The number of hydrogen-bond acceptors (Lipinski definition) is 2. The topological polar surface area (TPSA) is 58.6 Å². The fraction of sp³-hybridized carbons (Fsp3) is 0.300. The van der Waals surface area contributed by atoms with Gasteiger partial charge in [0.15, 0.2) is 5.84 Å². The Kier molecular flexibility index (Phi) is 2.90. The Bertz CT molecular complexity index is 332. The van der Waals surface area contributed by atoms with E-state index in [4.69, 9.17) is 10.9 Å². The molecular formula is C10H14N2O. The fourth-order valence-electron chi connectivity index (χ4n) is 1.29. The molecule has 0 fully saturated rings. The summed E-state index contributed by atoms with van der Waals surface area (Å²) in [6.45, 7) is 4.02. The second-order valence-electron chi connectivity index (χ2n) is 3.00. The van der Waals surface area contributed by atoms with E-state index in [-0.39, 0.29) is 5.84 Å². The second-order valence-corrected chi connectivity index (χ2v) is 3.00.